The zero-order valence-corrected chi connectivity index (χ0v) is 19.2. The zero-order valence-electron chi connectivity index (χ0n) is 19.2. The minimum atomic E-state index is -0.252. The molecule has 0 bridgehead atoms. The molecular weight excluding hydrogens is 376 g/mol. The van der Waals surface area contributed by atoms with Gasteiger partial charge in [-0.15, -0.1) is 0 Å². The summed E-state index contributed by atoms with van der Waals surface area (Å²) in [5.41, 5.74) is 10.4. The van der Waals surface area contributed by atoms with Gasteiger partial charge in [-0.2, -0.15) is 0 Å². The van der Waals surface area contributed by atoms with Crippen molar-refractivity contribution in [3.05, 3.63) is 58.6 Å². The Labute approximate surface area is 181 Å². The summed E-state index contributed by atoms with van der Waals surface area (Å²) in [7, 11) is 1.70. The fourth-order valence-corrected chi connectivity index (χ4v) is 2.84. The second kappa shape index (κ2) is 14.4. The summed E-state index contributed by atoms with van der Waals surface area (Å²) in [5.74, 6) is 0.428. The molecule has 0 atom stereocenters. The largest absolute Gasteiger partial charge is 0.404 e. The van der Waals surface area contributed by atoms with E-state index in [0.29, 0.717) is 30.2 Å². The van der Waals surface area contributed by atoms with Crippen LogP contribution < -0.4 is 16.4 Å². The van der Waals surface area contributed by atoms with Crippen LogP contribution in [0, 0.1) is 13.8 Å². The van der Waals surface area contributed by atoms with Crippen LogP contribution >= 0.6 is 0 Å². The highest BCUT2D eigenvalue weighted by Gasteiger charge is 2.14. The summed E-state index contributed by atoms with van der Waals surface area (Å²) in [6, 6.07) is 6.37. The lowest BCUT2D eigenvalue weighted by atomic mass is 10.1. The Morgan fingerprint density at radius 2 is 1.97 bits per heavy atom. The van der Waals surface area contributed by atoms with E-state index in [1.54, 1.807) is 14.0 Å². The Hall–Kier alpha value is -2.60. The molecule has 0 radical (unpaired) electrons. The van der Waals surface area contributed by atoms with Gasteiger partial charge in [0.2, 0.25) is 0 Å². The molecule has 1 amide bonds. The summed E-state index contributed by atoms with van der Waals surface area (Å²) in [6.07, 6.45) is 7.09. The highest BCUT2D eigenvalue weighted by atomic mass is 16.5. The summed E-state index contributed by atoms with van der Waals surface area (Å²) in [4.78, 5) is 17.4. The molecule has 6 nitrogen and oxygen atoms in total. The Morgan fingerprint density at radius 1 is 1.20 bits per heavy atom. The van der Waals surface area contributed by atoms with Crippen molar-refractivity contribution in [3.63, 3.8) is 0 Å². The van der Waals surface area contributed by atoms with Crippen molar-refractivity contribution in [2.24, 2.45) is 10.7 Å². The third kappa shape index (κ3) is 9.27. The SMILES string of the molecule is CC/C=C(\NCc1ccc(C)c(C)c1)NC(=O)C(=NCCCCCOC)C(C)=CN. The molecule has 1 rings (SSSR count). The number of unbranched alkanes of at least 4 members (excludes halogenated alkanes) is 2. The number of aryl methyl sites for hydroxylation is 2. The first-order valence-corrected chi connectivity index (χ1v) is 10.7. The fourth-order valence-electron chi connectivity index (χ4n) is 2.84. The number of allylic oxidation sites excluding steroid dienone is 1. The Bertz CT molecular complexity index is 766. The number of ether oxygens (including phenoxy) is 1. The van der Waals surface area contributed by atoms with Gasteiger partial charge in [-0.3, -0.25) is 9.79 Å². The first-order chi connectivity index (χ1) is 14.4. The zero-order chi connectivity index (χ0) is 22.4. The Kier molecular flexibility index (Phi) is 12.2. The van der Waals surface area contributed by atoms with Crippen LogP contribution in [0.4, 0.5) is 0 Å². The van der Waals surface area contributed by atoms with Gasteiger partial charge in [-0.1, -0.05) is 25.1 Å². The number of hydrogen-bond acceptors (Lipinski definition) is 5. The van der Waals surface area contributed by atoms with Gasteiger partial charge in [0.15, 0.2) is 0 Å². The molecule has 0 saturated heterocycles. The van der Waals surface area contributed by atoms with Gasteiger partial charge < -0.3 is 21.1 Å². The molecule has 0 unspecified atom stereocenters. The van der Waals surface area contributed by atoms with Crippen molar-refractivity contribution in [1.29, 1.82) is 0 Å². The molecular formula is C24H38N4O2. The predicted molar refractivity (Wildman–Crippen MR) is 125 cm³/mol. The van der Waals surface area contributed by atoms with Gasteiger partial charge in [0.1, 0.15) is 11.5 Å². The molecule has 0 fully saturated rings. The summed E-state index contributed by atoms with van der Waals surface area (Å²) in [6.45, 7) is 9.99. The number of nitrogens with zero attached hydrogens (tertiary/aromatic N) is 1. The number of aliphatic imine (C=N–C) groups is 1. The van der Waals surface area contributed by atoms with Gasteiger partial charge in [-0.25, -0.2) is 0 Å². The third-order valence-electron chi connectivity index (χ3n) is 4.83. The van der Waals surface area contributed by atoms with Crippen LogP contribution in [0.25, 0.3) is 0 Å². The van der Waals surface area contributed by atoms with Crippen LogP contribution in [0.15, 0.2) is 46.9 Å². The molecule has 1 aromatic carbocycles. The lowest BCUT2D eigenvalue weighted by Gasteiger charge is -2.15. The van der Waals surface area contributed by atoms with Gasteiger partial charge in [-0.05, 0) is 81.0 Å². The van der Waals surface area contributed by atoms with Crippen molar-refractivity contribution in [3.8, 4) is 0 Å². The van der Waals surface area contributed by atoms with E-state index in [-0.39, 0.29) is 5.91 Å². The minimum absolute atomic E-state index is 0.252. The maximum absolute atomic E-state index is 12.9. The number of amides is 1. The van der Waals surface area contributed by atoms with Crippen molar-refractivity contribution in [2.45, 2.75) is 59.9 Å². The molecule has 0 spiro atoms. The van der Waals surface area contributed by atoms with Crippen LogP contribution in [0.3, 0.4) is 0 Å². The van der Waals surface area contributed by atoms with Gasteiger partial charge in [0, 0.05) is 26.8 Å². The lowest BCUT2D eigenvalue weighted by Crippen LogP contribution is -2.36. The van der Waals surface area contributed by atoms with Crippen LogP contribution in [0.2, 0.25) is 0 Å². The molecule has 0 heterocycles. The molecule has 0 aromatic heterocycles. The lowest BCUT2D eigenvalue weighted by molar-refractivity contribution is -0.114. The summed E-state index contributed by atoms with van der Waals surface area (Å²) < 4.78 is 5.06. The molecule has 4 N–H and O–H groups in total. The summed E-state index contributed by atoms with van der Waals surface area (Å²) in [5, 5.41) is 6.28. The van der Waals surface area contributed by atoms with Gasteiger partial charge >= 0.3 is 0 Å². The Balaban J connectivity index is 2.76. The standard InChI is InChI=1S/C24H38N4O2/c1-6-10-22(27-17-21-12-11-18(2)19(3)15-21)28-24(29)23(20(4)16-25)26-13-8-7-9-14-30-5/h10-12,15-16,27H,6-9,13-14,17,25H2,1-5H3,(H,28,29)/b20-16?,22-10+,26-23?. The second-order valence-electron chi connectivity index (χ2n) is 7.39. The number of carbonyl (C=O) groups is 1. The average molecular weight is 415 g/mol. The number of nitrogens with one attached hydrogen (secondary N) is 2. The average Bonchev–Trinajstić information content (AvgIpc) is 2.73. The molecule has 0 aliphatic heterocycles. The number of rotatable bonds is 13. The van der Waals surface area contributed by atoms with Gasteiger partial charge in [0.05, 0.1) is 0 Å². The molecule has 166 valence electrons. The van der Waals surface area contributed by atoms with Crippen LogP contribution in [-0.2, 0) is 16.1 Å². The topological polar surface area (TPSA) is 88.7 Å². The molecule has 1 aromatic rings. The molecule has 30 heavy (non-hydrogen) atoms. The van der Waals surface area contributed by atoms with Crippen LogP contribution in [0.5, 0.6) is 0 Å². The maximum Gasteiger partial charge on any atom is 0.275 e. The van der Waals surface area contributed by atoms with E-state index < -0.39 is 0 Å². The van der Waals surface area contributed by atoms with E-state index in [1.165, 1.54) is 17.3 Å². The quantitative estimate of drug-likeness (QED) is 0.338. The predicted octanol–water partition coefficient (Wildman–Crippen LogP) is 3.88. The fraction of sp³-hybridized carbons (Fsp3) is 0.500. The van der Waals surface area contributed by atoms with E-state index in [9.17, 15) is 4.79 Å². The molecule has 0 aliphatic carbocycles. The Morgan fingerprint density at radius 3 is 2.60 bits per heavy atom. The molecule has 6 heteroatoms. The van der Waals surface area contributed by atoms with Crippen LogP contribution in [-0.4, -0.2) is 31.9 Å². The third-order valence-corrected chi connectivity index (χ3v) is 4.83. The maximum atomic E-state index is 12.9. The van der Waals surface area contributed by atoms with Crippen LogP contribution in [0.1, 0.15) is 56.2 Å². The van der Waals surface area contributed by atoms with Gasteiger partial charge in [0.25, 0.3) is 5.91 Å². The van der Waals surface area contributed by atoms with E-state index in [0.717, 1.165) is 37.9 Å². The highest BCUT2D eigenvalue weighted by molar-refractivity contribution is 6.45. The first kappa shape index (κ1) is 25.4. The highest BCUT2D eigenvalue weighted by Crippen LogP contribution is 2.10. The number of hydrogen-bond donors (Lipinski definition) is 3. The minimum Gasteiger partial charge on any atom is -0.404 e. The number of nitrogens with two attached hydrogens (primary N) is 1. The number of methoxy groups -OCH3 is 1. The van der Waals surface area contributed by atoms with Crippen molar-refractivity contribution in [1.82, 2.24) is 10.6 Å². The van der Waals surface area contributed by atoms with E-state index in [1.807, 2.05) is 13.0 Å². The van der Waals surface area contributed by atoms with E-state index in [4.69, 9.17) is 10.5 Å². The molecule has 0 saturated carbocycles. The summed E-state index contributed by atoms with van der Waals surface area (Å²) >= 11 is 0. The van der Waals surface area contributed by atoms with Crippen molar-refractivity contribution in [2.75, 3.05) is 20.3 Å². The monoisotopic (exact) mass is 414 g/mol. The smallest absolute Gasteiger partial charge is 0.275 e. The van der Waals surface area contributed by atoms with E-state index >= 15 is 0 Å². The first-order valence-electron chi connectivity index (χ1n) is 10.7. The molecule has 0 aliphatic rings. The van der Waals surface area contributed by atoms with E-state index in [2.05, 4.69) is 47.7 Å². The second-order valence-corrected chi connectivity index (χ2v) is 7.39. The number of carbonyl (C=O) groups excluding carboxylic acids is 1. The van der Waals surface area contributed by atoms with Crippen molar-refractivity contribution >= 4 is 11.6 Å². The number of benzene rings is 1. The van der Waals surface area contributed by atoms with Crippen molar-refractivity contribution < 1.29 is 9.53 Å². The normalized spacial score (nSPS) is 12.8.